The van der Waals surface area contributed by atoms with Gasteiger partial charge in [-0.05, 0) is 75.9 Å². The predicted octanol–water partition coefficient (Wildman–Crippen LogP) is 5.10. The first-order valence-corrected chi connectivity index (χ1v) is 14.2. The Balaban J connectivity index is 2.54. The van der Waals surface area contributed by atoms with Crippen molar-refractivity contribution in [3.05, 3.63) is 63.1 Å². The van der Waals surface area contributed by atoms with Crippen molar-refractivity contribution in [3.63, 3.8) is 0 Å². The highest BCUT2D eigenvalue weighted by Crippen LogP contribution is 2.27. The second kappa shape index (κ2) is 11.8. The number of halogens is 2. The van der Waals surface area contributed by atoms with Gasteiger partial charge in [0.2, 0.25) is 21.8 Å². The lowest BCUT2D eigenvalue weighted by Crippen LogP contribution is -2.55. The second-order valence-corrected chi connectivity index (χ2v) is 12.7. The Hall–Kier alpha value is -2.29. The van der Waals surface area contributed by atoms with Crippen molar-refractivity contribution < 1.29 is 18.0 Å². The Bertz CT molecular complexity index is 1230. The molecule has 1 N–H and O–H groups in total. The number of sulfonamides is 1. The highest BCUT2D eigenvalue weighted by molar-refractivity contribution is 7.92. The molecule has 198 valence electrons. The Morgan fingerprint density at radius 3 is 2.22 bits per heavy atom. The van der Waals surface area contributed by atoms with Crippen LogP contribution >= 0.6 is 23.2 Å². The standard InChI is InChI=1S/C26H35Cl2N3O4S/c1-8-22(25(33)29-26(4,5)6)30(15-19-11-12-20(27)14-21(19)28)24(32)16-31(36(7,34)35)23-13-17(2)9-10-18(23)3/h9-14,22H,8,15-16H2,1-7H3,(H,29,33). The van der Waals surface area contributed by atoms with Crippen LogP contribution in [0.15, 0.2) is 36.4 Å². The molecule has 0 saturated carbocycles. The van der Waals surface area contributed by atoms with Gasteiger partial charge in [0.15, 0.2) is 0 Å². The molecule has 0 aromatic heterocycles. The molecule has 0 radical (unpaired) electrons. The zero-order chi connectivity index (χ0) is 27.4. The third-order valence-electron chi connectivity index (χ3n) is 5.55. The van der Waals surface area contributed by atoms with Crippen LogP contribution in [0.25, 0.3) is 0 Å². The Labute approximate surface area is 224 Å². The molecule has 0 saturated heterocycles. The molecular weight excluding hydrogens is 521 g/mol. The Kier molecular flexibility index (Phi) is 9.84. The normalized spacial score (nSPS) is 12.7. The molecule has 2 aromatic carbocycles. The van der Waals surface area contributed by atoms with Gasteiger partial charge >= 0.3 is 0 Å². The summed E-state index contributed by atoms with van der Waals surface area (Å²) in [6.07, 6.45) is 1.38. The molecule has 0 aliphatic carbocycles. The summed E-state index contributed by atoms with van der Waals surface area (Å²) in [5, 5.41) is 3.72. The van der Waals surface area contributed by atoms with E-state index in [9.17, 15) is 18.0 Å². The maximum atomic E-state index is 13.8. The largest absolute Gasteiger partial charge is 0.350 e. The van der Waals surface area contributed by atoms with Crippen LogP contribution in [0.2, 0.25) is 10.0 Å². The number of nitrogens with zero attached hydrogens (tertiary/aromatic N) is 2. The summed E-state index contributed by atoms with van der Waals surface area (Å²) in [7, 11) is -3.81. The number of carbonyl (C=O) groups excluding carboxylic acids is 2. The van der Waals surface area contributed by atoms with Gasteiger partial charge in [-0.3, -0.25) is 13.9 Å². The number of anilines is 1. The lowest BCUT2D eigenvalue weighted by Gasteiger charge is -2.35. The van der Waals surface area contributed by atoms with E-state index in [4.69, 9.17) is 23.2 Å². The average Bonchev–Trinajstić information content (AvgIpc) is 2.73. The number of nitrogens with one attached hydrogen (secondary N) is 1. The molecule has 0 aliphatic heterocycles. The summed E-state index contributed by atoms with van der Waals surface area (Å²) < 4.78 is 26.7. The summed E-state index contributed by atoms with van der Waals surface area (Å²) in [6, 6.07) is 9.48. The zero-order valence-corrected chi connectivity index (χ0v) is 24.2. The minimum absolute atomic E-state index is 0.00923. The molecule has 0 spiro atoms. The number of aryl methyl sites for hydroxylation is 2. The molecule has 36 heavy (non-hydrogen) atoms. The van der Waals surface area contributed by atoms with Crippen molar-refractivity contribution in [2.75, 3.05) is 17.1 Å². The van der Waals surface area contributed by atoms with Crippen molar-refractivity contribution in [2.45, 2.75) is 66.1 Å². The number of benzene rings is 2. The van der Waals surface area contributed by atoms with Crippen LogP contribution in [0.1, 0.15) is 50.8 Å². The molecule has 7 nitrogen and oxygen atoms in total. The van der Waals surface area contributed by atoms with Crippen LogP contribution in [0.3, 0.4) is 0 Å². The van der Waals surface area contributed by atoms with E-state index in [1.165, 1.54) is 4.90 Å². The van der Waals surface area contributed by atoms with E-state index in [-0.39, 0.29) is 12.5 Å². The van der Waals surface area contributed by atoms with E-state index in [1.807, 2.05) is 39.8 Å². The van der Waals surface area contributed by atoms with Crippen LogP contribution in [0.4, 0.5) is 5.69 Å². The summed E-state index contributed by atoms with van der Waals surface area (Å²) >= 11 is 12.4. The number of amides is 2. The van der Waals surface area contributed by atoms with Gasteiger partial charge < -0.3 is 10.2 Å². The van der Waals surface area contributed by atoms with Crippen LogP contribution in [-0.2, 0) is 26.2 Å². The molecule has 0 aliphatic rings. The van der Waals surface area contributed by atoms with Gasteiger partial charge in [0.25, 0.3) is 0 Å². The van der Waals surface area contributed by atoms with Crippen LogP contribution < -0.4 is 9.62 Å². The smallest absolute Gasteiger partial charge is 0.244 e. The van der Waals surface area contributed by atoms with E-state index in [1.54, 1.807) is 38.1 Å². The summed E-state index contributed by atoms with van der Waals surface area (Å²) in [4.78, 5) is 28.4. The molecule has 2 rings (SSSR count). The van der Waals surface area contributed by atoms with E-state index >= 15 is 0 Å². The minimum atomic E-state index is -3.81. The maximum absolute atomic E-state index is 13.8. The highest BCUT2D eigenvalue weighted by atomic mass is 35.5. The summed E-state index contributed by atoms with van der Waals surface area (Å²) in [6.45, 7) is 10.5. The van der Waals surface area contributed by atoms with Gasteiger partial charge in [-0.25, -0.2) is 8.42 Å². The fourth-order valence-corrected chi connectivity index (χ4v) is 5.16. The molecule has 1 unspecified atom stereocenters. The van der Waals surface area contributed by atoms with Crippen molar-refractivity contribution in [2.24, 2.45) is 0 Å². The topological polar surface area (TPSA) is 86.8 Å². The molecule has 0 bridgehead atoms. The van der Waals surface area contributed by atoms with E-state index in [2.05, 4.69) is 5.32 Å². The van der Waals surface area contributed by atoms with Crippen LogP contribution in [0.5, 0.6) is 0 Å². The molecule has 10 heteroatoms. The first-order chi connectivity index (χ1) is 16.5. The monoisotopic (exact) mass is 555 g/mol. The third-order valence-corrected chi connectivity index (χ3v) is 7.27. The molecule has 0 heterocycles. The minimum Gasteiger partial charge on any atom is -0.350 e. The average molecular weight is 557 g/mol. The molecule has 0 fully saturated rings. The molecule has 1 atom stereocenters. The lowest BCUT2D eigenvalue weighted by molar-refractivity contribution is -0.141. The molecule has 2 aromatic rings. The maximum Gasteiger partial charge on any atom is 0.244 e. The van der Waals surface area contributed by atoms with Gasteiger partial charge in [-0.2, -0.15) is 0 Å². The van der Waals surface area contributed by atoms with E-state index in [0.29, 0.717) is 33.3 Å². The van der Waals surface area contributed by atoms with Gasteiger partial charge in [0.05, 0.1) is 11.9 Å². The second-order valence-electron chi connectivity index (χ2n) is 9.98. The van der Waals surface area contributed by atoms with Gasteiger partial charge in [-0.15, -0.1) is 0 Å². The lowest BCUT2D eigenvalue weighted by atomic mass is 10.1. The van der Waals surface area contributed by atoms with E-state index < -0.39 is 34.1 Å². The SMILES string of the molecule is CCC(C(=O)NC(C)(C)C)N(Cc1ccc(Cl)cc1Cl)C(=O)CN(c1cc(C)ccc1C)S(C)(=O)=O. The van der Waals surface area contributed by atoms with E-state index in [0.717, 1.165) is 16.1 Å². The van der Waals surface area contributed by atoms with Crippen molar-refractivity contribution in [3.8, 4) is 0 Å². The highest BCUT2D eigenvalue weighted by Gasteiger charge is 2.33. The first-order valence-electron chi connectivity index (χ1n) is 11.6. The molecule has 2 amide bonds. The number of rotatable bonds is 9. The van der Waals surface area contributed by atoms with Crippen LogP contribution in [0, 0.1) is 13.8 Å². The fourth-order valence-electron chi connectivity index (χ4n) is 3.79. The quantitative estimate of drug-likeness (QED) is 0.466. The first kappa shape index (κ1) is 29.9. The number of hydrogen-bond acceptors (Lipinski definition) is 4. The summed E-state index contributed by atoms with van der Waals surface area (Å²) in [5.41, 5.74) is 2.06. The van der Waals surface area contributed by atoms with Crippen molar-refractivity contribution in [1.82, 2.24) is 10.2 Å². The van der Waals surface area contributed by atoms with Crippen molar-refractivity contribution >= 4 is 50.7 Å². The summed E-state index contributed by atoms with van der Waals surface area (Å²) in [5.74, 6) is -0.857. The Morgan fingerprint density at radius 2 is 1.69 bits per heavy atom. The third kappa shape index (κ3) is 8.11. The predicted molar refractivity (Wildman–Crippen MR) is 147 cm³/mol. The zero-order valence-electron chi connectivity index (χ0n) is 21.9. The Morgan fingerprint density at radius 1 is 1.06 bits per heavy atom. The number of carbonyl (C=O) groups is 2. The van der Waals surface area contributed by atoms with Gasteiger partial charge in [0.1, 0.15) is 12.6 Å². The van der Waals surface area contributed by atoms with Gasteiger partial charge in [0, 0.05) is 22.1 Å². The fraction of sp³-hybridized carbons (Fsp3) is 0.462. The van der Waals surface area contributed by atoms with Crippen molar-refractivity contribution in [1.29, 1.82) is 0 Å². The molecular formula is C26H35Cl2N3O4S. The number of hydrogen-bond donors (Lipinski definition) is 1. The van der Waals surface area contributed by atoms with Gasteiger partial charge in [-0.1, -0.05) is 48.3 Å². The van der Waals surface area contributed by atoms with Crippen LogP contribution in [-0.4, -0.2) is 49.5 Å².